The Kier molecular flexibility index (Phi) is 6.61. The van der Waals surface area contributed by atoms with E-state index in [0.29, 0.717) is 5.82 Å². The molecule has 1 amide bonds. The second-order valence-electron chi connectivity index (χ2n) is 2.94. The maximum absolute atomic E-state index is 11.0. The molecule has 4 heteroatoms. The van der Waals surface area contributed by atoms with Gasteiger partial charge in [-0.15, -0.1) is 29.8 Å². The zero-order valence-corrected chi connectivity index (χ0v) is 12.0. The Bertz CT molecular complexity index is 346. The molecule has 0 aromatic carbocycles. The van der Waals surface area contributed by atoms with Crippen LogP contribution in [0.3, 0.4) is 0 Å². The number of rotatable bonds is 2. The van der Waals surface area contributed by atoms with E-state index in [-0.39, 0.29) is 38.6 Å². The largest absolute Gasteiger partial charge is 0.340 e. The third-order valence-electron chi connectivity index (χ3n) is 1.87. The zero-order valence-electron chi connectivity index (χ0n) is 9.19. The molecule has 1 aromatic rings. The maximum atomic E-state index is 11.0. The number of nitrogens with zero attached hydrogens (tertiary/aromatic N) is 2. The van der Waals surface area contributed by atoms with Crippen LogP contribution >= 0.6 is 0 Å². The summed E-state index contributed by atoms with van der Waals surface area (Å²) in [6, 6.07) is 4.74. The summed E-state index contributed by atoms with van der Waals surface area (Å²) in [5, 5.41) is 0. The van der Waals surface area contributed by atoms with Crippen molar-refractivity contribution in [2.24, 2.45) is 0 Å². The second kappa shape index (κ2) is 6.86. The van der Waals surface area contributed by atoms with Gasteiger partial charge in [-0.3, -0.25) is 4.79 Å². The molecule has 0 aliphatic heterocycles. The molecule has 1 radical (unpaired) electrons. The summed E-state index contributed by atoms with van der Waals surface area (Å²) in [6.07, 6.45) is 5.52. The smallest absolute Gasteiger partial charge is 0.216 e. The maximum Gasteiger partial charge on any atom is 0.216 e. The minimum atomic E-state index is -0.0373. The van der Waals surface area contributed by atoms with Gasteiger partial charge in [0.25, 0.3) is 0 Å². The predicted octanol–water partition coefficient (Wildman–Crippen LogP) is 1.90. The fourth-order valence-corrected chi connectivity index (χ4v) is 0.974. The van der Waals surface area contributed by atoms with Gasteiger partial charge in [0.15, 0.2) is 0 Å². The molecule has 0 saturated heterocycles. The number of anilines is 1. The predicted molar refractivity (Wildman–Crippen MR) is 56.9 cm³/mol. The summed E-state index contributed by atoms with van der Waals surface area (Å²) >= 11 is 0. The minimum absolute atomic E-state index is 0. The summed E-state index contributed by atoms with van der Waals surface area (Å²) in [5.41, 5.74) is 0.910. The number of hydrogen-bond donors (Lipinski definition) is 0. The standard InChI is InChI=1S/C11H13N2O.Y/c1-4-5-10-6-7-11(12-8-10)13(3)9(2)14;/h4-5,7-8H,1-3H3;/q-1;/b5-4+;. The zero-order chi connectivity index (χ0) is 10.6. The molecule has 77 valence electrons. The van der Waals surface area contributed by atoms with E-state index < -0.39 is 0 Å². The summed E-state index contributed by atoms with van der Waals surface area (Å²) < 4.78 is 0. The Morgan fingerprint density at radius 3 is 2.67 bits per heavy atom. The van der Waals surface area contributed by atoms with Crippen molar-refractivity contribution in [1.29, 1.82) is 0 Å². The van der Waals surface area contributed by atoms with Gasteiger partial charge in [0.1, 0.15) is 0 Å². The average molecular weight is 278 g/mol. The van der Waals surface area contributed by atoms with Gasteiger partial charge in [-0.1, -0.05) is 13.1 Å². The van der Waals surface area contributed by atoms with Gasteiger partial charge in [0.2, 0.25) is 5.91 Å². The molecular weight excluding hydrogens is 265 g/mol. The molecule has 0 fully saturated rings. The molecule has 0 unspecified atom stereocenters. The van der Waals surface area contributed by atoms with Crippen molar-refractivity contribution in [3.05, 3.63) is 30.0 Å². The van der Waals surface area contributed by atoms with Crippen LogP contribution in [0.1, 0.15) is 19.4 Å². The first kappa shape index (κ1) is 14.5. The van der Waals surface area contributed by atoms with E-state index in [1.54, 1.807) is 19.3 Å². The van der Waals surface area contributed by atoms with Crippen molar-refractivity contribution in [3.63, 3.8) is 0 Å². The van der Waals surface area contributed by atoms with Gasteiger partial charge in [-0.05, 0) is 0 Å². The Balaban J connectivity index is 0.00000196. The van der Waals surface area contributed by atoms with E-state index in [1.807, 2.05) is 19.1 Å². The molecule has 0 bridgehead atoms. The summed E-state index contributed by atoms with van der Waals surface area (Å²) in [7, 11) is 1.69. The van der Waals surface area contributed by atoms with E-state index in [4.69, 9.17) is 0 Å². The van der Waals surface area contributed by atoms with Gasteiger partial charge >= 0.3 is 0 Å². The third kappa shape index (κ3) is 4.23. The number of allylic oxidation sites excluding steroid dienone is 1. The van der Waals surface area contributed by atoms with Gasteiger partial charge < -0.3 is 9.88 Å². The number of carbonyl (C=O) groups is 1. The van der Waals surface area contributed by atoms with E-state index >= 15 is 0 Å². The molecule has 1 aromatic heterocycles. The molecule has 0 N–H and O–H groups in total. The van der Waals surface area contributed by atoms with Crippen molar-refractivity contribution in [2.45, 2.75) is 13.8 Å². The van der Waals surface area contributed by atoms with Crippen molar-refractivity contribution >= 4 is 17.8 Å². The van der Waals surface area contributed by atoms with Crippen LogP contribution in [0, 0.1) is 6.07 Å². The minimum Gasteiger partial charge on any atom is -0.340 e. The summed E-state index contributed by atoms with van der Waals surface area (Å²) in [6.45, 7) is 3.44. The fourth-order valence-electron chi connectivity index (χ4n) is 0.974. The van der Waals surface area contributed by atoms with Crippen molar-refractivity contribution in [1.82, 2.24) is 4.98 Å². The molecule has 0 spiro atoms. The van der Waals surface area contributed by atoms with Crippen LogP contribution in [-0.2, 0) is 37.5 Å². The molecule has 15 heavy (non-hydrogen) atoms. The average Bonchev–Trinajstić information content (AvgIpc) is 2.18. The number of hydrogen-bond acceptors (Lipinski definition) is 2. The number of pyridine rings is 1. The Morgan fingerprint density at radius 2 is 2.27 bits per heavy atom. The molecule has 0 aliphatic rings. The van der Waals surface area contributed by atoms with Crippen LogP contribution < -0.4 is 4.90 Å². The van der Waals surface area contributed by atoms with E-state index in [0.717, 1.165) is 5.56 Å². The third-order valence-corrected chi connectivity index (χ3v) is 1.87. The van der Waals surface area contributed by atoms with Crippen LogP contribution in [-0.4, -0.2) is 17.9 Å². The van der Waals surface area contributed by atoms with Gasteiger partial charge in [0, 0.05) is 52.5 Å². The van der Waals surface area contributed by atoms with E-state index in [9.17, 15) is 4.79 Å². The van der Waals surface area contributed by atoms with Crippen LogP contribution in [0.25, 0.3) is 6.08 Å². The molecule has 0 atom stereocenters. The molecule has 1 heterocycles. The Morgan fingerprint density at radius 1 is 1.60 bits per heavy atom. The molecule has 3 nitrogen and oxygen atoms in total. The van der Waals surface area contributed by atoms with Crippen molar-refractivity contribution in [2.75, 3.05) is 11.9 Å². The van der Waals surface area contributed by atoms with Gasteiger partial charge in [-0.25, -0.2) is 0 Å². The van der Waals surface area contributed by atoms with Crippen molar-refractivity contribution < 1.29 is 37.5 Å². The normalized spacial score (nSPS) is 9.80. The quantitative estimate of drug-likeness (QED) is 0.774. The molecule has 0 aliphatic carbocycles. The second-order valence-corrected chi connectivity index (χ2v) is 2.94. The number of aromatic nitrogens is 1. The first-order valence-corrected chi connectivity index (χ1v) is 4.40. The van der Waals surface area contributed by atoms with Gasteiger partial charge in [0.05, 0.1) is 0 Å². The number of carbonyl (C=O) groups excluding carboxylic acids is 1. The van der Waals surface area contributed by atoms with E-state index in [1.165, 1.54) is 11.8 Å². The molecular formula is C11H13N2OY-. The first-order chi connectivity index (χ1) is 6.65. The van der Waals surface area contributed by atoms with Crippen LogP contribution in [0.2, 0.25) is 0 Å². The Hall–Kier alpha value is -0.536. The first-order valence-electron chi connectivity index (χ1n) is 4.40. The van der Waals surface area contributed by atoms with Crippen LogP contribution in [0.4, 0.5) is 5.82 Å². The molecule has 1 rings (SSSR count). The fraction of sp³-hybridized carbons (Fsp3) is 0.273. The SMILES string of the molecule is C/C=C/c1[c-]cc(N(C)C(C)=O)nc1.[Y]. The summed E-state index contributed by atoms with van der Waals surface area (Å²) in [4.78, 5) is 16.6. The van der Waals surface area contributed by atoms with E-state index in [2.05, 4.69) is 11.1 Å². The van der Waals surface area contributed by atoms with Crippen LogP contribution in [0.15, 0.2) is 18.3 Å². The monoisotopic (exact) mass is 278 g/mol. The molecule has 0 saturated carbocycles. The van der Waals surface area contributed by atoms with Gasteiger partial charge in [-0.2, -0.15) is 0 Å². The summed E-state index contributed by atoms with van der Waals surface area (Å²) in [5.74, 6) is 0.579. The topological polar surface area (TPSA) is 33.2 Å². The Labute approximate surface area is 115 Å². The van der Waals surface area contributed by atoms with Crippen LogP contribution in [0.5, 0.6) is 0 Å². The number of amides is 1. The van der Waals surface area contributed by atoms with Crippen molar-refractivity contribution in [3.8, 4) is 0 Å².